The summed E-state index contributed by atoms with van der Waals surface area (Å²) in [5, 5.41) is 0. The van der Waals surface area contributed by atoms with Crippen molar-refractivity contribution in [2.45, 2.75) is 52.4 Å². The van der Waals surface area contributed by atoms with Gasteiger partial charge in [0.1, 0.15) is 17.3 Å². The van der Waals surface area contributed by atoms with Gasteiger partial charge in [-0.1, -0.05) is 6.92 Å². The van der Waals surface area contributed by atoms with Gasteiger partial charge in [0.15, 0.2) is 5.43 Å². The second-order valence-corrected chi connectivity index (χ2v) is 5.03. The zero-order valence-electron chi connectivity index (χ0n) is 10.8. The Kier molecular flexibility index (Phi) is 2.72. The summed E-state index contributed by atoms with van der Waals surface area (Å²) in [4.78, 5) is 24.2. The summed E-state index contributed by atoms with van der Waals surface area (Å²) >= 11 is 0. The summed E-state index contributed by atoms with van der Waals surface area (Å²) in [5.41, 5.74) is 0.801. The monoisotopic (exact) mass is 234 g/mol. The molecule has 1 aromatic rings. The van der Waals surface area contributed by atoms with Crippen LogP contribution < -0.4 is 5.43 Å². The lowest BCUT2D eigenvalue weighted by atomic mass is 9.72. The van der Waals surface area contributed by atoms with E-state index in [1.54, 1.807) is 13.8 Å². The Balaban J connectivity index is 2.78. The molecule has 1 atom stereocenters. The van der Waals surface area contributed by atoms with Crippen molar-refractivity contribution in [2.75, 3.05) is 0 Å². The van der Waals surface area contributed by atoms with E-state index in [2.05, 4.69) is 0 Å². The van der Waals surface area contributed by atoms with Crippen LogP contribution in [-0.4, -0.2) is 5.78 Å². The summed E-state index contributed by atoms with van der Waals surface area (Å²) in [6.45, 7) is 7.40. The van der Waals surface area contributed by atoms with E-state index in [0.717, 1.165) is 0 Å². The molecular weight excluding hydrogens is 216 g/mol. The molecule has 0 saturated carbocycles. The van der Waals surface area contributed by atoms with Gasteiger partial charge < -0.3 is 4.42 Å². The minimum absolute atomic E-state index is 0.0518. The van der Waals surface area contributed by atoms with Gasteiger partial charge in [-0.05, 0) is 33.6 Å². The second kappa shape index (κ2) is 3.83. The number of carbonyl (C=O) groups excluding carboxylic acids is 1. The van der Waals surface area contributed by atoms with Crippen molar-refractivity contribution in [1.82, 2.24) is 0 Å². The van der Waals surface area contributed by atoms with Crippen LogP contribution in [0, 0.1) is 13.8 Å². The van der Waals surface area contributed by atoms with Crippen LogP contribution in [0.15, 0.2) is 9.21 Å². The third-order valence-corrected chi connectivity index (χ3v) is 4.10. The van der Waals surface area contributed by atoms with E-state index in [1.165, 1.54) is 0 Å². The zero-order valence-corrected chi connectivity index (χ0v) is 10.8. The Hall–Kier alpha value is -1.38. The molecule has 0 N–H and O–H groups in total. The van der Waals surface area contributed by atoms with Gasteiger partial charge in [-0.25, -0.2) is 0 Å². The highest BCUT2D eigenvalue weighted by Gasteiger charge is 2.41. The normalized spacial score (nSPS) is 23.6. The van der Waals surface area contributed by atoms with E-state index in [9.17, 15) is 9.59 Å². The molecule has 0 aromatic carbocycles. The van der Waals surface area contributed by atoms with E-state index in [4.69, 9.17) is 4.42 Å². The van der Waals surface area contributed by atoms with Crippen molar-refractivity contribution < 1.29 is 9.21 Å². The maximum Gasteiger partial charge on any atom is 0.191 e. The summed E-state index contributed by atoms with van der Waals surface area (Å²) in [6, 6.07) is 0. The first kappa shape index (κ1) is 12.1. The molecular formula is C14H18O3. The van der Waals surface area contributed by atoms with Crippen molar-refractivity contribution in [3.05, 3.63) is 32.9 Å². The number of rotatable bonds is 1. The summed E-state index contributed by atoms with van der Waals surface area (Å²) in [5.74, 6) is 1.41. The highest BCUT2D eigenvalue weighted by atomic mass is 16.3. The van der Waals surface area contributed by atoms with E-state index in [1.807, 2.05) is 13.8 Å². The molecule has 1 aliphatic rings. The topological polar surface area (TPSA) is 47.3 Å². The molecule has 3 nitrogen and oxygen atoms in total. The number of fused-ring (bicyclic) bond motifs is 1. The fraction of sp³-hybridized carbons (Fsp3) is 0.571. The Bertz CT molecular complexity index is 539. The smallest absolute Gasteiger partial charge is 0.191 e. The van der Waals surface area contributed by atoms with Crippen LogP contribution in [0.4, 0.5) is 0 Å². The van der Waals surface area contributed by atoms with Gasteiger partial charge in [0.05, 0.1) is 5.41 Å². The Morgan fingerprint density at radius 2 is 1.88 bits per heavy atom. The molecule has 0 amide bonds. The molecule has 0 radical (unpaired) electrons. The van der Waals surface area contributed by atoms with Crippen LogP contribution in [0.5, 0.6) is 0 Å². The van der Waals surface area contributed by atoms with Crippen molar-refractivity contribution in [3.8, 4) is 0 Å². The number of carbonyl (C=O) groups is 1. The largest absolute Gasteiger partial charge is 0.464 e. The lowest BCUT2D eigenvalue weighted by Gasteiger charge is -2.31. The molecule has 0 unspecified atom stereocenters. The molecule has 1 aliphatic carbocycles. The van der Waals surface area contributed by atoms with Crippen LogP contribution in [0.25, 0.3) is 0 Å². The fourth-order valence-electron chi connectivity index (χ4n) is 2.45. The van der Waals surface area contributed by atoms with Gasteiger partial charge >= 0.3 is 0 Å². The molecule has 1 aromatic heterocycles. The number of ketones is 1. The second-order valence-electron chi connectivity index (χ2n) is 5.03. The Morgan fingerprint density at radius 1 is 1.24 bits per heavy atom. The fourth-order valence-corrected chi connectivity index (χ4v) is 2.45. The molecule has 17 heavy (non-hydrogen) atoms. The molecule has 0 spiro atoms. The van der Waals surface area contributed by atoms with E-state index in [-0.39, 0.29) is 11.2 Å². The number of Topliss-reactive ketones (excluding diaryl/α,β-unsaturated/α-hetero) is 1. The minimum Gasteiger partial charge on any atom is -0.464 e. The molecule has 0 bridgehead atoms. The Morgan fingerprint density at radius 3 is 2.47 bits per heavy atom. The van der Waals surface area contributed by atoms with Crippen molar-refractivity contribution in [2.24, 2.45) is 0 Å². The molecule has 2 rings (SSSR count). The van der Waals surface area contributed by atoms with Gasteiger partial charge in [-0.15, -0.1) is 0 Å². The van der Waals surface area contributed by atoms with Crippen molar-refractivity contribution in [1.29, 1.82) is 0 Å². The highest BCUT2D eigenvalue weighted by Crippen LogP contribution is 2.36. The SMILES string of the molecule is CC[C@]1(C)C(=O)CCc2c1oc(C)c(C)c2=O. The van der Waals surface area contributed by atoms with Crippen LogP contribution >= 0.6 is 0 Å². The van der Waals surface area contributed by atoms with E-state index < -0.39 is 5.41 Å². The van der Waals surface area contributed by atoms with Crippen LogP contribution in [0.3, 0.4) is 0 Å². The molecule has 3 heteroatoms. The summed E-state index contributed by atoms with van der Waals surface area (Å²) in [7, 11) is 0. The predicted molar refractivity (Wildman–Crippen MR) is 65.4 cm³/mol. The van der Waals surface area contributed by atoms with Gasteiger partial charge in [0.25, 0.3) is 0 Å². The molecule has 0 aliphatic heterocycles. The van der Waals surface area contributed by atoms with Gasteiger partial charge in [-0.3, -0.25) is 9.59 Å². The summed E-state index contributed by atoms with van der Waals surface area (Å²) < 4.78 is 5.77. The first-order valence-corrected chi connectivity index (χ1v) is 6.08. The first-order valence-electron chi connectivity index (χ1n) is 6.08. The zero-order chi connectivity index (χ0) is 12.8. The summed E-state index contributed by atoms with van der Waals surface area (Å²) in [6.07, 6.45) is 1.64. The average molecular weight is 234 g/mol. The molecule has 0 fully saturated rings. The van der Waals surface area contributed by atoms with E-state index >= 15 is 0 Å². The van der Waals surface area contributed by atoms with Crippen molar-refractivity contribution in [3.63, 3.8) is 0 Å². The Labute approximate surface area is 101 Å². The number of hydrogen-bond donors (Lipinski definition) is 0. The number of aryl methyl sites for hydroxylation is 1. The van der Waals surface area contributed by atoms with E-state index in [0.29, 0.717) is 41.9 Å². The molecule has 92 valence electrons. The standard InChI is InChI=1S/C14H18O3/c1-5-14(4)11(15)7-6-10-12(16)8(2)9(3)17-13(10)14/h5-7H2,1-4H3/t14-/m1/s1. The first-order chi connectivity index (χ1) is 7.91. The lowest BCUT2D eigenvalue weighted by Crippen LogP contribution is -2.39. The molecule has 0 saturated heterocycles. The highest BCUT2D eigenvalue weighted by molar-refractivity contribution is 5.91. The van der Waals surface area contributed by atoms with Gasteiger partial charge in [-0.2, -0.15) is 0 Å². The van der Waals surface area contributed by atoms with Crippen LogP contribution in [0.1, 0.15) is 49.3 Å². The minimum atomic E-state index is -0.620. The third-order valence-electron chi connectivity index (χ3n) is 4.10. The third kappa shape index (κ3) is 1.56. The maximum absolute atomic E-state index is 12.2. The number of hydrogen-bond acceptors (Lipinski definition) is 3. The van der Waals surface area contributed by atoms with Gasteiger partial charge in [0.2, 0.25) is 0 Å². The molecule has 1 heterocycles. The van der Waals surface area contributed by atoms with Gasteiger partial charge in [0, 0.05) is 17.5 Å². The van der Waals surface area contributed by atoms with Crippen LogP contribution in [0.2, 0.25) is 0 Å². The van der Waals surface area contributed by atoms with Crippen molar-refractivity contribution >= 4 is 5.78 Å². The average Bonchev–Trinajstić information content (AvgIpc) is 2.32. The maximum atomic E-state index is 12.2. The quantitative estimate of drug-likeness (QED) is 0.749. The predicted octanol–water partition coefficient (Wildman–Crippen LogP) is 2.44. The van der Waals surface area contributed by atoms with Crippen LogP contribution in [-0.2, 0) is 16.6 Å². The lowest BCUT2D eigenvalue weighted by molar-refractivity contribution is -0.125.